The smallest absolute Gasteiger partial charge is 0.256 e. The van der Waals surface area contributed by atoms with Crippen molar-refractivity contribution in [2.24, 2.45) is 0 Å². The zero-order valence-corrected chi connectivity index (χ0v) is 20.1. The van der Waals surface area contributed by atoms with Gasteiger partial charge in [0.05, 0.1) is 17.1 Å². The molecule has 32 heavy (non-hydrogen) atoms. The van der Waals surface area contributed by atoms with Crippen LogP contribution in [-0.4, -0.2) is 34.2 Å². The molecule has 1 saturated carbocycles. The van der Waals surface area contributed by atoms with Crippen LogP contribution in [0, 0.1) is 6.92 Å². The predicted molar refractivity (Wildman–Crippen MR) is 130 cm³/mol. The molecule has 1 heterocycles. The first-order valence-corrected chi connectivity index (χ1v) is 12.1. The Hall–Kier alpha value is -2.34. The van der Waals surface area contributed by atoms with Crippen LogP contribution in [0.2, 0.25) is 10.0 Å². The molecule has 3 aromatic rings. The number of hydrogen-bond donors (Lipinski definition) is 0. The summed E-state index contributed by atoms with van der Waals surface area (Å²) >= 11 is 14.0. The van der Waals surface area contributed by atoms with Crippen molar-refractivity contribution in [1.29, 1.82) is 0 Å². The van der Waals surface area contributed by atoms with Crippen molar-refractivity contribution in [3.05, 3.63) is 91.6 Å². The number of benzene rings is 2. The Balaban J connectivity index is 1.55. The molecule has 0 atom stereocenters. The van der Waals surface area contributed by atoms with Crippen LogP contribution in [0.3, 0.4) is 0 Å². The highest BCUT2D eigenvalue weighted by Gasteiger charge is 2.36. The lowest BCUT2D eigenvalue weighted by Gasteiger charge is -2.28. The van der Waals surface area contributed by atoms with Crippen molar-refractivity contribution < 1.29 is 9.59 Å². The highest BCUT2D eigenvalue weighted by molar-refractivity contribution is 7.11. The molecule has 1 aliphatic carbocycles. The first-order chi connectivity index (χ1) is 15.4. The van der Waals surface area contributed by atoms with Gasteiger partial charge < -0.3 is 9.80 Å². The summed E-state index contributed by atoms with van der Waals surface area (Å²) in [5, 5.41) is 0.775. The summed E-state index contributed by atoms with van der Waals surface area (Å²) in [6.45, 7) is 3.09. The van der Waals surface area contributed by atoms with Gasteiger partial charge in [-0.05, 0) is 55.7 Å². The van der Waals surface area contributed by atoms with Crippen LogP contribution < -0.4 is 0 Å². The number of rotatable bonds is 8. The summed E-state index contributed by atoms with van der Waals surface area (Å²) in [5.74, 6) is -0.306. The fraction of sp³-hybridized carbons (Fsp3) is 0.280. The molecule has 0 spiro atoms. The van der Waals surface area contributed by atoms with E-state index in [0.29, 0.717) is 28.7 Å². The molecule has 0 saturated heterocycles. The van der Waals surface area contributed by atoms with Gasteiger partial charge in [0.1, 0.15) is 6.54 Å². The van der Waals surface area contributed by atoms with Gasteiger partial charge in [-0.15, -0.1) is 11.3 Å². The van der Waals surface area contributed by atoms with Crippen LogP contribution in [-0.2, 0) is 17.9 Å². The molecule has 2 aromatic carbocycles. The van der Waals surface area contributed by atoms with Crippen molar-refractivity contribution in [2.75, 3.05) is 6.54 Å². The largest absolute Gasteiger partial charge is 0.332 e. The Labute approximate surface area is 202 Å². The molecule has 1 aliphatic rings. The van der Waals surface area contributed by atoms with Crippen LogP contribution in [0.15, 0.2) is 60.7 Å². The molecule has 7 heteroatoms. The zero-order chi connectivity index (χ0) is 22.7. The first-order valence-electron chi connectivity index (χ1n) is 10.5. The Bertz CT molecular complexity index is 1110. The SMILES string of the molecule is Cc1ccc(CN(Cc2ccccc2)C(=O)CN(C(=O)c2ccc(Cl)cc2Cl)C2CC2)s1. The third-order valence-electron chi connectivity index (χ3n) is 5.43. The molecule has 4 rings (SSSR count). The fourth-order valence-electron chi connectivity index (χ4n) is 3.61. The maximum absolute atomic E-state index is 13.5. The van der Waals surface area contributed by atoms with E-state index in [-0.39, 0.29) is 24.4 Å². The van der Waals surface area contributed by atoms with Gasteiger partial charge in [0, 0.05) is 27.4 Å². The number of thiophene rings is 1. The summed E-state index contributed by atoms with van der Waals surface area (Å²) in [6.07, 6.45) is 1.79. The molecule has 1 aromatic heterocycles. The lowest BCUT2D eigenvalue weighted by atomic mass is 10.2. The van der Waals surface area contributed by atoms with Gasteiger partial charge in [0.25, 0.3) is 5.91 Å². The third kappa shape index (κ3) is 5.71. The molecule has 4 nitrogen and oxygen atoms in total. The molecule has 1 fully saturated rings. The average molecular weight is 487 g/mol. The van der Waals surface area contributed by atoms with Gasteiger partial charge >= 0.3 is 0 Å². The van der Waals surface area contributed by atoms with Crippen molar-refractivity contribution in [3.63, 3.8) is 0 Å². The van der Waals surface area contributed by atoms with Crippen LogP contribution in [0.5, 0.6) is 0 Å². The summed E-state index contributed by atoms with van der Waals surface area (Å²) in [7, 11) is 0. The highest BCUT2D eigenvalue weighted by atomic mass is 35.5. The van der Waals surface area contributed by atoms with Gasteiger partial charge in [-0.1, -0.05) is 53.5 Å². The number of carbonyl (C=O) groups is 2. The molecular formula is C25H24Cl2N2O2S. The summed E-state index contributed by atoms with van der Waals surface area (Å²) in [5.41, 5.74) is 1.43. The number of halogens is 2. The average Bonchev–Trinajstić information content (AvgIpc) is 3.53. The standard InChI is InChI=1S/C25H24Cl2N2O2S/c1-17-7-11-21(32-17)15-28(14-18-5-3-2-4-6-18)24(30)16-29(20-9-10-20)25(31)22-12-8-19(26)13-23(22)27/h2-8,11-13,20H,9-10,14-16H2,1H3. The molecule has 0 bridgehead atoms. The van der Waals surface area contributed by atoms with Crippen molar-refractivity contribution in [2.45, 2.75) is 38.9 Å². The van der Waals surface area contributed by atoms with Crippen LogP contribution in [0.4, 0.5) is 0 Å². The molecule has 166 valence electrons. The lowest BCUT2D eigenvalue weighted by molar-refractivity contribution is -0.133. The van der Waals surface area contributed by atoms with E-state index in [1.807, 2.05) is 35.2 Å². The van der Waals surface area contributed by atoms with E-state index < -0.39 is 0 Å². The minimum absolute atomic E-state index is 0.0274. The van der Waals surface area contributed by atoms with Crippen molar-refractivity contribution >= 4 is 46.4 Å². The van der Waals surface area contributed by atoms with Crippen LogP contribution in [0.1, 0.15) is 38.5 Å². The number of nitrogens with zero attached hydrogens (tertiary/aromatic N) is 2. The highest BCUT2D eigenvalue weighted by Crippen LogP contribution is 2.31. The van der Waals surface area contributed by atoms with Crippen molar-refractivity contribution in [3.8, 4) is 0 Å². The number of hydrogen-bond acceptors (Lipinski definition) is 3. The summed E-state index contributed by atoms with van der Waals surface area (Å²) in [4.78, 5) is 32.5. The van der Waals surface area contributed by atoms with Gasteiger partial charge in [0.15, 0.2) is 0 Å². The number of carbonyl (C=O) groups excluding carboxylic acids is 2. The van der Waals surface area contributed by atoms with E-state index in [1.165, 1.54) is 4.88 Å². The summed E-state index contributed by atoms with van der Waals surface area (Å²) < 4.78 is 0. The monoisotopic (exact) mass is 486 g/mol. The number of aryl methyl sites for hydroxylation is 1. The molecule has 0 aliphatic heterocycles. The normalized spacial score (nSPS) is 13.1. The second-order valence-electron chi connectivity index (χ2n) is 8.04. The third-order valence-corrected chi connectivity index (χ3v) is 6.96. The van der Waals surface area contributed by atoms with E-state index in [9.17, 15) is 9.59 Å². The van der Waals surface area contributed by atoms with Crippen LogP contribution >= 0.6 is 34.5 Å². The van der Waals surface area contributed by atoms with Gasteiger partial charge in [-0.3, -0.25) is 9.59 Å². The Morgan fingerprint density at radius 3 is 2.38 bits per heavy atom. The van der Waals surface area contributed by atoms with E-state index >= 15 is 0 Å². The Morgan fingerprint density at radius 1 is 1.00 bits per heavy atom. The lowest BCUT2D eigenvalue weighted by Crippen LogP contribution is -2.43. The summed E-state index contributed by atoms with van der Waals surface area (Å²) in [6, 6.07) is 18.9. The first kappa shape index (κ1) is 22.8. The van der Waals surface area contributed by atoms with Gasteiger partial charge in [0.2, 0.25) is 5.91 Å². The zero-order valence-electron chi connectivity index (χ0n) is 17.8. The van der Waals surface area contributed by atoms with E-state index in [1.54, 1.807) is 34.4 Å². The minimum atomic E-state index is -0.228. The van der Waals surface area contributed by atoms with Gasteiger partial charge in [-0.2, -0.15) is 0 Å². The van der Waals surface area contributed by atoms with Crippen LogP contribution in [0.25, 0.3) is 0 Å². The quantitative estimate of drug-likeness (QED) is 0.380. The Kier molecular flexibility index (Phi) is 7.19. The molecule has 0 N–H and O–H groups in total. The fourth-order valence-corrected chi connectivity index (χ4v) is 5.01. The maximum atomic E-state index is 13.5. The van der Waals surface area contributed by atoms with Gasteiger partial charge in [-0.25, -0.2) is 0 Å². The molecule has 0 unspecified atom stereocenters. The predicted octanol–water partition coefficient (Wildman–Crippen LogP) is 6.20. The topological polar surface area (TPSA) is 40.6 Å². The maximum Gasteiger partial charge on any atom is 0.256 e. The van der Waals surface area contributed by atoms with E-state index in [4.69, 9.17) is 23.2 Å². The number of amides is 2. The molecular weight excluding hydrogens is 463 g/mol. The Morgan fingerprint density at radius 2 is 1.75 bits per heavy atom. The minimum Gasteiger partial charge on any atom is -0.332 e. The second kappa shape index (κ2) is 10.1. The second-order valence-corrected chi connectivity index (χ2v) is 10.3. The van der Waals surface area contributed by atoms with E-state index in [0.717, 1.165) is 23.3 Å². The molecule has 2 amide bonds. The van der Waals surface area contributed by atoms with E-state index in [2.05, 4.69) is 19.1 Å². The van der Waals surface area contributed by atoms with Crippen molar-refractivity contribution in [1.82, 2.24) is 9.80 Å². The molecule has 0 radical (unpaired) electrons.